The maximum Gasteiger partial charge on any atom is 0.320 e. The van der Waals surface area contributed by atoms with Gasteiger partial charge in [-0.3, -0.25) is 14.7 Å². The Labute approximate surface area is 136 Å². The molecule has 0 aliphatic carbocycles. The molecule has 2 unspecified atom stereocenters. The van der Waals surface area contributed by atoms with E-state index < -0.39 is 12.0 Å². The molecule has 1 saturated heterocycles. The first-order chi connectivity index (χ1) is 11.1. The Morgan fingerprint density at radius 2 is 2.22 bits per heavy atom. The summed E-state index contributed by atoms with van der Waals surface area (Å²) < 4.78 is 0. The standard InChI is InChI=1S/C19H22N2O2/c1-14-6-4-7-15(12-14)18(13-16-8-2-3-10-20-16)21-11-5-9-17(21)19(22)23/h2-4,6-8,10,12,17-18H,5,9,11,13H2,1H3,(H,22,23). The van der Waals surface area contributed by atoms with Gasteiger partial charge in [0.05, 0.1) is 0 Å². The summed E-state index contributed by atoms with van der Waals surface area (Å²) in [6.07, 6.45) is 4.18. The molecular weight excluding hydrogens is 288 g/mol. The number of aromatic nitrogens is 1. The van der Waals surface area contributed by atoms with Gasteiger partial charge in [-0.2, -0.15) is 0 Å². The number of carboxylic acid groups (broad SMARTS) is 1. The van der Waals surface area contributed by atoms with Crippen LogP contribution in [0.15, 0.2) is 48.7 Å². The van der Waals surface area contributed by atoms with E-state index >= 15 is 0 Å². The van der Waals surface area contributed by atoms with Gasteiger partial charge >= 0.3 is 5.97 Å². The number of rotatable bonds is 5. The van der Waals surface area contributed by atoms with Crippen LogP contribution in [0.5, 0.6) is 0 Å². The van der Waals surface area contributed by atoms with Crippen molar-refractivity contribution in [2.24, 2.45) is 0 Å². The number of benzene rings is 1. The second-order valence-electron chi connectivity index (χ2n) is 6.19. The van der Waals surface area contributed by atoms with E-state index in [0.29, 0.717) is 0 Å². The second-order valence-corrected chi connectivity index (χ2v) is 6.19. The van der Waals surface area contributed by atoms with Gasteiger partial charge in [0.2, 0.25) is 0 Å². The van der Waals surface area contributed by atoms with Crippen LogP contribution in [-0.2, 0) is 11.2 Å². The zero-order valence-electron chi connectivity index (χ0n) is 13.4. The Morgan fingerprint density at radius 1 is 1.35 bits per heavy atom. The van der Waals surface area contributed by atoms with Crippen LogP contribution >= 0.6 is 0 Å². The molecule has 2 aromatic rings. The van der Waals surface area contributed by atoms with Crippen LogP contribution in [0.1, 0.15) is 35.7 Å². The summed E-state index contributed by atoms with van der Waals surface area (Å²) in [5.74, 6) is -0.721. The fraction of sp³-hybridized carbons (Fsp3) is 0.368. The number of likely N-dealkylation sites (tertiary alicyclic amines) is 1. The highest BCUT2D eigenvalue weighted by atomic mass is 16.4. The Hall–Kier alpha value is -2.20. The van der Waals surface area contributed by atoms with Crippen LogP contribution in [0.25, 0.3) is 0 Å². The molecule has 1 aromatic carbocycles. The number of pyridine rings is 1. The maximum atomic E-state index is 11.6. The first-order valence-corrected chi connectivity index (χ1v) is 8.10. The number of nitrogens with zero attached hydrogens (tertiary/aromatic N) is 2. The van der Waals surface area contributed by atoms with Crippen LogP contribution in [0.2, 0.25) is 0 Å². The minimum Gasteiger partial charge on any atom is -0.480 e. The first kappa shape index (κ1) is 15.7. The number of aliphatic carboxylic acids is 1. The number of carboxylic acids is 1. The summed E-state index contributed by atoms with van der Waals surface area (Å²) in [5.41, 5.74) is 3.36. The lowest BCUT2D eigenvalue weighted by atomic mass is 9.97. The lowest BCUT2D eigenvalue weighted by Crippen LogP contribution is -2.39. The topological polar surface area (TPSA) is 53.4 Å². The van der Waals surface area contributed by atoms with Crippen molar-refractivity contribution in [1.82, 2.24) is 9.88 Å². The summed E-state index contributed by atoms with van der Waals surface area (Å²) in [6.45, 7) is 2.89. The monoisotopic (exact) mass is 310 g/mol. The molecule has 23 heavy (non-hydrogen) atoms. The molecule has 1 fully saturated rings. The van der Waals surface area contributed by atoms with Gasteiger partial charge in [0.15, 0.2) is 0 Å². The van der Waals surface area contributed by atoms with Crippen LogP contribution in [0.4, 0.5) is 0 Å². The van der Waals surface area contributed by atoms with Crippen molar-refractivity contribution >= 4 is 5.97 Å². The van der Waals surface area contributed by atoms with Crippen molar-refractivity contribution in [2.45, 2.75) is 38.3 Å². The van der Waals surface area contributed by atoms with Gasteiger partial charge in [-0.25, -0.2) is 0 Å². The first-order valence-electron chi connectivity index (χ1n) is 8.10. The average molecular weight is 310 g/mol. The smallest absolute Gasteiger partial charge is 0.320 e. The van der Waals surface area contributed by atoms with Crippen LogP contribution in [-0.4, -0.2) is 33.5 Å². The van der Waals surface area contributed by atoms with Gasteiger partial charge in [0.25, 0.3) is 0 Å². The number of carbonyl (C=O) groups is 1. The molecule has 0 amide bonds. The predicted octanol–water partition coefficient (Wildman–Crippen LogP) is 3.22. The summed E-state index contributed by atoms with van der Waals surface area (Å²) in [6, 6.07) is 13.9. The van der Waals surface area contributed by atoms with E-state index in [4.69, 9.17) is 0 Å². The molecule has 4 nitrogen and oxygen atoms in total. The molecule has 1 aliphatic rings. The lowest BCUT2D eigenvalue weighted by molar-refractivity contribution is -0.143. The van der Waals surface area contributed by atoms with E-state index in [1.165, 1.54) is 11.1 Å². The van der Waals surface area contributed by atoms with Gasteiger partial charge in [0, 0.05) is 24.4 Å². The van der Waals surface area contributed by atoms with Gasteiger partial charge in [-0.1, -0.05) is 35.9 Å². The highest BCUT2D eigenvalue weighted by Crippen LogP contribution is 2.32. The third-order valence-electron chi connectivity index (χ3n) is 4.54. The quantitative estimate of drug-likeness (QED) is 0.921. The summed E-state index contributed by atoms with van der Waals surface area (Å²) in [4.78, 5) is 18.2. The molecule has 0 bridgehead atoms. The fourth-order valence-corrected chi connectivity index (χ4v) is 3.45. The molecule has 120 valence electrons. The molecule has 0 spiro atoms. The van der Waals surface area contributed by atoms with Crippen molar-refractivity contribution in [3.8, 4) is 0 Å². The van der Waals surface area contributed by atoms with E-state index in [-0.39, 0.29) is 6.04 Å². The van der Waals surface area contributed by atoms with Crippen molar-refractivity contribution < 1.29 is 9.90 Å². The summed E-state index contributed by atoms with van der Waals surface area (Å²) in [5, 5.41) is 9.54. The summed E-state index contributed by atoms with van der Waals surface area (Å²) in [7, 11) is 0. The molecule has 1 N–H and O–H groups in total. The van der Waals surface area contributed by atoms with Gasteiger partial charge in [-0.15, -0.1) is 0 Å². The van der Waals surface area contributed by atoms with Crippen LogP contribution in [0, 0.1) is 6.92 Å². The Bertz CT molecular complexity index is 672. The Morgan fingerprint density at radius 3 is 2.91 bits per heavy atom. The number of aryl methyl sites for hydroxylation is 1. The van der Waals surface area contributed by atoms with Crippen molar-refractivity contribution in [1.29, 1.82) is 0 Å². The third kappa shape index (κ3) is 3.59. The van der Waals surface area contributed by atoms with E-state index in [1.54, 1.807) is 6.20 Å². The molecule has 1 aromatic heterocycles. The van der Waals surface area contributed by atoms with Crippen molar-refractivity contribution in [3.63, 3.8) is 0 Å². The summed E-state index contributed by atoms with van der Waals surface area (Å²) >= 11 is 0. The fourth-order valence-electron chi connectivity index (χ4n) is 3.45. The van der Waals surface area contributed by atoms with Gasteiger partial charge in [-0.05, 0) is 44.0 Å². The van der Waals surface area contributed by atoms with E-state index in [1.807, 2.05) is 24.3 Å². The van der Waals surface area contributed by atoms with E-state index in [9.17, 15) is 9.90 Å². The highest BCUT2D eigenvalue weighted by molar-refractivity contribution is 5.74. The minimum atomic E-state index is -0.721. The lowest BCUT2D eigenvalue weighted by Gasteiger charge is -2.31. The van der Waals surface area contributed by atoms with Crippen LogP contribution < -0.4 is 0 Å². The molecule has 1 aliphatic heterocycles. The van der Waals surface area contributed by atoms with Gasteiger partial charge < -0.3 is 5.11 Å². The molecule has 0 saturated carbocycles. The molecule has 0 radical (unpaired) electrons. The normalized spacial score (nSPS) is 19.6. The largest absolute Gasteiger partial charge is 0.480 e. The van der Waals surface area contributed by atoms with E-state index in [0.717, 1.165) is 31.5 Å². The molecule has 2 heterocycles. The molecular formula is C19H22N2O2. The molecule has 2 atom stereocenters. The minimum absolute atomic E-state index is 0.0494. The zero-order chi connectivity index (χ0) is 16.2. The SMILES string of the molecule is Cc1cccc(C(Cc2ccccn2)N2CCCC2C(=O)O)c1. The van der Waals surface area contributed by atoms with Crippen molar-refractivity contribution in [3.05, 3.63) is 65.5 Å². The Kier molecular flexibility index (Phi) is 4.72. The highest BCUT2D eigenvalue weighted by Gasteiger charge is 2.36. The molecule has 4 heteroatoms. The van der Waals surface area contributed by atoms with Crippen molar-refractivity contribution in [2.75, 3.05) is 6.54 Å². The zero-order valence-corrected chi connectivity index (χ0v) is 13.4. The maximum absolute atomic E-state index is 11.6. The van der Waals surface area contributed by atoms with Crippen LogP contribution in [0.3, 0.4) is 0 Å². The number of hydrogen-bond acceptors (Lipinski definition) is 3. The molecule has 3 rings (SSSR count). The number of hydrogen-bond donors (Lipinski definition) is 1. The Balaban J connectivity index is 1.94. The third-order valence-corrected chi connectivity index (χ3v) is 4.54. The predicted molar refractivity (Wildman–Crippen MR) is 89.2 cm³/mol. The second kappa shape index (κ2) is 6.92. The van der Waals surface area contributed by atoms with E-state index in [2.05, 4.69) is 35.0 Å². The average Bonchev–Trinajstić information content (AvgIpc) is 3.03. The van der Waals surface area contributed by atoms with Gasteiger partial charge in [0.1, 0.15) is 6.04 Å².